The molecule has 0 aliphatic carbocycles. The first kappa shape index (κ1) is 54.2. The Morgan fingerprint density at radius 1 is 0.582 bits per heavy atom. The fourth-order valence-electron chi connectivity index (χ4n) is 7.25. The maximum atomic E-state index is 12.8. The molecule has 0 rings (SSSR count). The Morgan fingerprint density at radius 2 is 0.927 bits per heavy atom. The van der Waals surface area contributed by atoms with E-state index in [9.17, 15) is 19.4 Å². The van der Waals surface area contributed by atoms with Crippen LogP contribution < -0.4 is 11.1 Å². The van der Waals surface area contributed by atoms with Crippen molar-refractivity contribution < 1.29 is 28.4 Å². The quantitative estimate of drug-likeness (QED) is 0.0274. The average Bonchev–Trinajstić information content (AvgIpc) is 3.17. The second-order valence-corrected chi connectivity index (χ2v) is 17.8. The van der Waals surface area contributed by atoms with Gasteiger partial charge in [0.05, 0.1) is 25.4 Å². The van der Waals surface area contributed by atoms with Crippen LogP contribution in [0.1, 0.15) is 245 Å². The summed E-state index contributed by atoms with van der Waals surface area (Å²) in [6.45, 7) is 4.17. The molecule has 0 aliphatic heterocycles. The molecular formula is C46H93N2O6P. The summed E-state index contributed by atoms with van der Waals surface area (Å²) in [5, 5.41) is 13.7. The molecule has 0 aromatic rings. The number of nitrogens with two attached hydrogens (primary N) is 1. The van der Waals surface area contributed by atoms with E-state index in [4.69, 9.17) is 14.8 Å². The summed E-state index contributed by atoms with van der Waals surface area (Å²) in [6, 6.07) is -0.855. The highest BCUT2D eigenvalue weighted by molar-refractivity contribution is 7.47. The number of phosphoric ester groups is 1. The molecule has 55 heavy (non-hydrogen) atoms. The van der Waals surface area contributed by atoms with Crippen LogP contribution in [0.25, 0.3) is 0 Å². The molecule has 8 nitrogen and oxygen atoms in total. The third-order valence-electron chi connectivity index (χ3n) is 10.9. The number of hydrogen-bond donors (Lipinski definition) is 4. The first-order chi connectivity index (χ1) is 26.9. The van der Waals surface area contributed by atoms with Gasteiger partial charge in [-0.2, -0.15) is 0 Å². The second kappa shape index (κ2) is 42.8. The SMILES string of the molecule is CCCCCCCCCCCCCCCCCCCC/C=C/C(O)C(COP(=O)(O)OCCN)NC(=O)CCCCCCCCCCCCCCCCCC. The Labute approximate surface area is 341 Å². The second-order valence-electron chi connectivity index (χ2n) is 16.3. The van der Waals surface area contributed by atoms with Gasteiger partial charge in [0, 0.05) is 13.0 Å². The van der Waals surface area contributed by atoms with Gasteiger partial charge in [-0.05, 0) is 19.3 Å². The third kappa shape index (κ3) is 41.2. The van der Waals surface area contributed by atoms with E-state index in [1.165, 1.54) is 186 Å². The zero-order valence-corrected chi connectivity index (χ0v) is 37.3. The summed E-state index contributed by atoms with van der Waals surface area (Å²) >= 11 is 0. The zero-order chi connectivity index (χ0) is 40.3. The molecule has 3 atom stereocenters. The van der Waals surface area contributed by atoms with E-state index in [0.29, 0.717) is 6.42 Å². The number of amides is 1. The number of rotatable bonds is 45. The van der Waals surface area contributed by atoms with Gasteiger partial charge in [0.15, 0.2) is 0 Å². The number of hydrogen-bond acceptors (Lipinski definition) is 6. The van der Waals surface area contributed by atoms with Crippen molar-refractivity contribution in [3.8, 4) is 0 Å². The molecular weight excluding hydrogens is 707 g/mol. The van der Waals surface area contributed by atoms with Crippen molar-refractivity contribution >= 4 is 13.7 Å². The minimum Gasteiger partial charge on any atom is -0.387 e. The highest BCUT2D eigenvalue weighted by Gasteiger charge is 2.26. The van der Waals surface area contributed by atoms with E-state index in [-0.39, 0.29) is 25.7 Å². The van der Waals surface area contributed by atoms with E-state index in [1.54, 1.807) is 6.08 Å². The summed E-state index contributed by atoms with van der Waals surface area (Å²) in [7, 11) is -4.34. The molecule has 0 aromatic heterocycles. The van der Waals surface area contributed by atoms with Crippen LogP contribution in [0.3, 0.4) is 0 Å². The van der Waals surface area contributed by atoms with Crippen LogP contribution in [0.2, 0.25) is 0 Å². The third-order valence-corrected chi connectivity index (χ3v) is 11.8. The molecule has 0 fully saturated rings. The molecule has 0 radical (unpaired) electrons. The molecule has 5 N–H and O–H groups in total. The first-order valence-electron chi connectivity index (χ1n) is 23.8. The van der Waals surface area contributed by atoms with Gasteiger partial charge in [-0.15, -0.1) is 0 Å². The summed E-state index contributed by atoms with van der Waals surface area (Å²) in [6.07, 6.45) is 48.3. The Morgan fingerprint density at radius 3 is 1.29 bits per heavy atom. The molecule has 0 aromatic carbocycles. The lowest BCUT2D eigenvalue weighted by Gasteiger charge is -2.23. The molecule has 0 saturated carbocycles. The number of unbranched alkanes of at least 4 members (excludes halogenated alkanes) is 33. The highest BCUT2D eigenvalue weighted by atomic mass is 31.2. The van der Waals surface area contributed by atoms with Crippen molar-refractivity contribution in [2.75, 3.05) is 19.8 Å². The molecule has 9 heteroatoms. The lowest BCUT2D eigenvalue weighted by atomic mass is 10.0. The van der Waals surface area contributed by atoms with E-state index in [0.717, 1.165) is 38.5 Å². The van der Waals surface area contributed by atoms with Gasteiger partial charge in [-0.3, -0.25) is 13.8 Å². The number of nitrogens with one attached hydrogen (secondary N) is 1. The minimum absolute atomic E-state index is 0.0815. The lowest BCUT2D eigenvalue weighted by molar-refractivity contribution is -0.123. The fraction of sp³-hybridized carbons (Fsp3) is 0.935. The Hall–Kier alpha value is -0.760. The Bertz CT molecular complexity index is 875. The van der Waals surface area contributed by atoms with Crippen molar-refractivity contribution in [3.63, 3.8) is 0 Å². The summed E-state index contributed by atoms with van der Waals surface area (Å²) in [4.78, 5) is 22.7. The molecule has 0 bridgehead atoms. The van der Waals surface area contributed by atoms with Gasteiger partial charge in [0.2, 0.25) is 5.91 Å². The molecule has 0 saturated heterocycles. The van der Waals surface area contributed by atoms with Crippen LogP contribution in [0.15, 0.2) is 12.2 Å². The number of allylic oxidation sites excluding steroid dienone is 1. The van der Waals surface area contributed by atoms with Crippen LogP contribution in [-0.4, -0.2) is 47.8 Å². The summed E-state index contributed by atoms with van der Waals surface area (Å²) in [5.74, 6) is -0.189. The first-order valence-corrected chi connectivity index (χ1v) is 25.3. The van der Waals surface area contributed by atoms with Crippen molar-refractivity contribution in [2.24, 2.45) is 5.73 Å². The molecule has 0 heterocycles. The van der Waals surface area contributed by atoms with E-state index < -0.39 is 20.0 Å². The maximum absolute atomic E-state index is 12.8. The van der Waals surface area contributed by atoms with Gasteiger partial charge in [-0.1, -0.05) is 231 Å². The van der Waals surface area contributed by atoms with Crippen molar-refractivity contribution in [3.05, 3.63) is 12.2 Å². The number of aliphatic hydroxyl groups excluding tert-OH is 1. The molecule has 3 unspecified atom stereocenters. The topological polar surface area (TPSA) is 131 Å². The van der Waals surface area contributed by atoms with Crippen LogP contribution in [0.4, 0.5) is 0 Å². The Balaban J connectivity index is 4.12. The zero-order valence-electron chi connectivity index (χ0n) is 36.4. The highest BCUT2D eigenvalue weighted by Crippen LogP contribution is 2.43. The van der Waals surface area contributed by atoms with Crippen LogP contribution >= 0.6 is 7.82 Å². The number of carbonyl (C=O) groups is 1. The van der Waals surface area contributed by atoms with Crippen molar-refractivity contribution in [2.45, 2.75) is 257 Å². The van der Waals surface area contributed by atoms with Gasteiger partial charge in [0.25, 0.3) is 0 Å². The predicted molar refractivity (Wildman–Crippen MR) is 235 cm³/mol. The number of phosphoric acid groups is 1. The molecule has 0 aliphatic rings. The minimum atomic E-state index is -4.34. The summed E-state index contributed by atoms with van der Waals surface area (Å²) in [5.41, 5.74) is 5.38. The average molecular weight is 801 g/mol. The van der Waals surface area contributed by atoms with Crippen LogP contribution in [0.5, 0.6) is 0 Å². The van der Waals surface area contributed by atoms with Crippen molar-refractivity contribution in [1.29, 1.82) is 0 Å². The monoisotopic (exact) mass is 801 g/mol. The van der Waals surface area contributed by atoms with Gasteiger partial charge in [0.1, 0.15) is 0 Å². The smallest absolute Gasteiger partial charge is 0.387 e. The van der Waals surface area contributed by atoms with Crippen LogP contribution in [-0.2, 0) is 18.4 Å². The number of aliphatic hydroxyl groups is 1. The largest absolute Gasteiger partial charge is 0.472 e. The fourth-order valence-corrected chi connectivity index (χ4v) is 8.01. The van der Waals surface area contributed by atoms with E-state index >= 15 is 0 Å². The van der Waals surface area contributed by atoms with E-state index in [2.05, 4.69) is 19.2 Å². The normalized spacial score (nSPS) is 14.1. The van der Waals surface area contributed by atoms with Gasteiger partial charge >= 0.3 is 7.82 Å². The standard InChI is InChI=1S/C46H93N2O6P/c1-3-5-7-9-11-13-15-17-19-21-22-23-24-25-27-29-31-33-35-37-39-45(49)44(43-54-55(51,52)53-42-41-47)48-46(50)40-38-36-34-32-30-28-26-20-18-16-14-12-10-8-6-4-2/h37,39,44-45,49H,3-36,38,40-43,47H2,1-2H3,(H,48,50)(H,51,52)/b39-37+. The molecule has 1 amide bonds. The van der Waals surface area contributed by atoms with Crippen LogP contribution in [0, 0.1) is 0 Å². The maximum Gasteiger partial charge on any atom is 0.472 e. The van der Waals surface area contributed by atoms with E-state index in [1.807, 2.05) is 6.08 Å². The molecule has 0 spiro atoms. The lowest BCUT2D eigenvalue weighted by Crippen LogP contribution is -2.45. The predicted octanol–water partition coefficient (Wildman–Crippen LogP) is 13.6. The molecule has 328 valence electrons. The summed E-state index contributed by atoms with van der Waals surface area (Å²) < 4.78 is 22.2. The number of carbonyl (C=O) groups excluding carboxylic acids is 1. The van der Waals surface area contributed by atoms with Gasteiger partial charge in [-0.25, -0.2) is 4.57 Å². The Kier molecular flexibility index (Phi) is 42.2. The van der Waals surface area contributed by atoms with Crippen molar-refractivity contribution in [1.82, 2.24) is 5.32 Å². The van der Waals surface area contributed by atoms with Gasteiger partial charge < -0.3 is 21.1 Å².